The number of rotatable bonds is 2. The molecule has 1 amide bonds. The third-order valence-electron chi connectivity index (χ3n) is 2.76. The Kier molecular flexibility index (Phi) is 3.75. The van der Waals surface area contributed by atoms with E-state index in [1.165, 1.54) is 5.56 Å². The SMILES string of the molecule is CCC(=O)NC1=NC(c2ccccc2)CCN1. The fraction of sp³-hybridized carbons (Fsp3) is 0.385. The highest BCUT2D eigenvalue weighted by Crippen LogP contribution is 2.22. The first-order valence-corrected chi connectivity index (χ1v) is 5.96. The van der Waals surface area contributed by atoms with Crippen molar-refractivity contribution in [2.75, 3.05) is 6.54 Å². The summed E-state index contributed by atoms with van der Waals surface area (Å²) in [6.45, 7) is 2.66. The molecule has 0 fully saturated rings. The smallest absolute Gasteiger partial charge is 0.226 e. The molecule has 1 aliphatic rings. The van der Waals surface area contributed by atoms with E-state index in [0.29, 0.717) is 12.4 Å². The molecule has 1 atom stereocenters. The van der Waals surface area contributed by atoms with Gasteiger partial charge in [-0.2, -0.15) is 0 Å². The van der Waals surface area contributed by atoms with Gasteiger partial charge in [0.1, 0.15) is 0 Å². The molecule has 0 aromatic heterocycles. The van der Waals surface area contributed by atoms with Crippen molar-refractivity contribution in [2.45, 2.75) is 25.8 Å². The fourth-order valence-corrected chi connectivity index (χ4v) is 1.81. The molecular weight excluding hydrogens is 214 g/mol. The first kappa shape index (κ1) is 11.6. The number of nitrogens with one attached hydrogen (secondary N) is 2. The van der Waals surface area contributed by atoms with Crippen LogP contribution in [0.3, 0.4) is 0 Å². The summed E-state index contributed by atoms with van der Waals surface area (Å²) in [5, 5.41) is 5.87. The zero-order valence-electron chi connectivity index (χ0n) is 9.94. The molecule has 4 heteroatoms. The number of hydrogen-bond donors (Lipinski definition) is 2. The highest BCUT2D eigenvalue weighted by atomic mass is 16.1. The zero-order chi connectivity index (χ0) is 12.1. The summed E-state index contributed by atoms with van der Waals surface area (Å²) < 4.78 is 0. The third-order valence-corrected chi connectivity index (χ3v) is 2.76. The van der Waals surface area contributed by atoms with Crippen LogP contribution in [0.2, 0.25) is 0 Å². The van der Waals surface area contributed by atoms with Crippen molar-refractivity contribution >= 4 is 11.9 Å². The molecule has 1 aromatic carbocycles. The topological polar surface area (TPSA) is 53.5 Å². The van der Waals surface area contributed by atoms with Gasteiger partial charge in [0.05, 0.1) is 6.04 Å². The van der Waals surface area contributed by atoms with E-state index in [2.05, 4.69) is 27.8 Å². The van der Waals surface area contributed by atoms with Crippen molar-refractivity contribution in [3.63, 3.8) is 0 Å². The summed E-state index contributed by atoms with van der Waals surface area (Å²) >= 11 is 0. The Balaban J connectivity index is 2.10. The summed E-state index contributed by atoms with van der Waals surface area (Å²) in [7, 11) is 0. The molecule has 2 rings (SSSR count). The minimum Gasteiger partial charge on any atom is -0.356 e. The molecule has 0 saturated carbocycles. The maximum Gasteiger partial charge on any atom is 0.226 e. The van der Waals surface area contributed by atoms with E-state index in [4.69, 9.17) is 0 Å². The summed E-state index contributed by atoms with van der Waals surface area (Å²) in [4.78, 5) is 15.8. The molecule has 90 valence electrons. The van der Waals surface area contributed by atoms with Crippen LogP contribution < -0.4 is 10.6 Å². The normalized spacial score (nSPS) is 19.1. The van der Waals surface area contributed by atoms with E-state index in [9.17, 15) is 4.79 Å². The van der Waals surface area contributed by atoms with Crippen molar-refractivity contribution in [1.82, 2.24) is 10.6 Å². The number of aliphatic imine (C=N–C) groups is 1. The lowest BCUT2D eigenvalue weighted by molar-refractivity contribution is -0.119. The van der Waals surface area contributed by atoms with Crippen LogP contribution in [-0.2, 0) is 4.79 Å². The molecule has 0 saturated heterocycles. The van der Waals surface area contributed by atoms with Crippen molar-refractivity contribution in [1.29, 1.82) is 0 Å². The maximum atomic E-state index is 11.3. The molecule has 0 aliphatic carbocycles. The van der Waals surface area contributed by atoms with Crippen LogP contribution in [0.4, 0.5) is 0 Å². The van der Waals surface area contributed by atoms with Crippen LogP contribution in [0.5, 0.6) is 0 Å². The molecule has 0 radical (unpaired) electrons. The molecular formula is C13H17N3O. The largest absolute Gasteiger partial charge is 0.356 e. The van der Waals surface area contributed by atoms with Crippen LogP contribution in [-0.4, -0.2) is 18.4 Å². The first-order chi connectivity index (χ1) is 8.29. The fourth-order valence-electron chi connectivity index (χ4n) is 1.81. The number of hydrogen-bond acceptors (Lipinski definition) is 3. The predicted molar refractivity (Wildman–Crippen MR) is 67.7 cm³/mol. The van der Waals surface area contributed by atoms with E-state index < -0.39 is 0 Å². The average Bonchev–Trinajstić information content (AvgIpc) is 2.40. The quantitative estimate of drug-likeness (QED) is 0.812. The minimum absolute atomic E-state index is 0.00929. The van der Waals surface area contributed by atoms with Gasteiger partial charge in [-0.05, 0) is 12.0 Å². The Labute approximate surface area is 101 Å². The average molecular weight is 231 g/mol. The summed E-state index contributed by atoms with van der Waals surface area (Å²) in [6, 6.07) is 10.3. The van der Waals surface area contributed by atoms with Gasteiger partial charge >= 0.3 is 0 Å². The molecule has 1 unspecified atom stereocenters. The van der Waals surface area contributed by atoms with Gasteiger partial charge in [0.15, 0.2) is 5.96 Å². The lowest BCUT2D eigenvalue weighted by Crippen LogP contribution is -2.43. The second kappa shape index (κ2) is 5.48. The van der Waals surface area contributed by atoms with Crippen molar-refractivity contribution < 1.29 is 4.79 Å². The van der Waals surface area contributed by atoms with Gasteiger partial charge in [-0.1, -0.05) is 37.3 Å². The summed E-state index contributed by atoms with van der Waals surface area (Å²) in [5.41, 5.74) is 1.19. The Hall–Kier alpha value is -1.84. The van der Waals surface area contributed by atoms with E-state index in [1.807, 2.05) is 25.1 Å². The molecule has 1 aromatic rings. The maximum absolute atomic E-state index is 11.3. The van der Waals surface area contributed by atoms with Crippen LogP contribution in [0.15, 0.2) is 35.3 Å². The minimum atomic E-state index is -0.00929. The number of carbonyl (C=O) groups is 1. The third kappa shape index (κ3) is 3.06. The second-order valence-electron chi connectivity index (χ2n) is 4.02. The monoisotopic (exact) mass is 231 g/mol. The summed E-state index contributed by atoms with van der Waals surface area (Å²) in [5.74, 6) is 0.585. The number of nitrogens with zero attached hydrogens (tertiary/aromatic N) is 1. The Morgan fingerprint density at radius 1 is 1.47 bits per heavy atom. The standard InChI is InChI=1S/C13H17N3O/c1-2-12(17)16-13-14-9-8-11(15-13)10-6-4-3-5-7-10/h3-7,11H,2,8-9H2,1H3,(H2,14,15,16,17). The van der Waals surface area contributed by atoms with Crippen LogP contribution in [0.1, 0.15) is 31.4 Å². The lowest BCUT2D eigenvalue weighted by Gasteiger charge is -2.22. The lowest BCUT2D eigenvalue weighted by atomic mass is 10.0. The molecule has 0 spiro atoms. The zero-order valence-corrected chi connectivity index (χ0v) is 9.94. The van der Waals surface area contributed by atoms with Crippen LogP contribution in [0.25, 0.3) is 0 Å². The van der Waals surface area contributed by atoms with Crippen molar-refractivity contribution in [2.24, 2.45) is 4.99 Å². The van der Waals surface area contributed by atoms with E-state index >= 15 is 0 Å². The number of benzene rings is 1. The van der Waals surface area contributed by atoms with Crippen molar-refractivity contribution in [3.05, 3.63) is 35.9 Å². The second-order valence-corrected chi connectivity index (χ2v) is 4.02. The van der Waals surface area contributed by atoms with Gasteiger partial charge in [-0.15, -0.1) is 0 Å². The molecule has 1 aliphatic heterocycles. The molecule has 4 nitrogen and oxygen atoms in total. The van der Waals surface area contributed by atoms with Crippen LogP contribution >= 0.6 is 0 Å². The predicted octanol–water partition coefficient (Wildman–Crippen LogP) is 1.60. The van der Waals surface area contributed by atoms with E-state index in [1.54, 1.807) is 0 Å². The first-order valence-electron chi connectivity index (χ1n) is 5.96. The Morgan fingerprint density at radius 3 is 2.94 bits per heavy atom. The van der Waals surface area contributed by atoms with Crippen molar-refractivity contribution in [3.8, 4) is 0 Å². The van der Waals surface area contributed by atoms with E-state index in [0.717, 1.165) is 13.0 Å². The summed E-state index contributed by atoms with van der Waals surface area (Å²) in [6.07, 6.45) is 1.42. The highest BCUT2D eigenvalue weighted by Gasteiger charge is 2.16. The number of guanidine groups is 1. The highest BCUT2D eigenvalue weighted by molar-refractivity contribution is 5.97. The molecule has 0 bridgehead atoms. The Morgan fingerprint density at radius 2 is 2.24 bits per heavy atom. The Bertz CT molecular complexity index is 414. The van der Waals surface area contributed by atoms with Crippen LogP contribution in [0, 0.1) is 0 Å². The van der Waals surface area contributed by atoms with Gasteiger partial charge in [0.2, 0.25) is 5.91 Å². The van der Waals surface area contributed by atoms with Gasteiger partial charge in [-0.3, -0.25) is 10.1 Å². The molecule has 2 N–H and O–H groups in total. The molecule has 1 heterocycles. The number of amides is 1. The van der Waals surface area contributed by atoms with E-state index in [-0.39, 0.29) is 11.9 Å². The number of carbonyl (C=O) groups excluding carboxylic acids is 1. The van der Waals surface area contributed by atoms with Gasteiger partial charge < -0.3 is 5.32 Å². The van der Waals surface area contributed by atoms with Gasteiger partial charge in [0, 0.05) is 13.0 Å². The van der Waals surface area contributed by atoms with Gasteiger partial charge in [0.25, 0.3) is 0 Å². The van der Waals surface area contributed by atoms with Gasteiger partial charge in [-0.25, -0.2) is 4.99 Å². The molecule has 17 heavy (non-hydrogen) atoms.